The van der Waals surface area contributed by atoms with E-state index in [1.54, 1.807) is 0 Å². The third kappa shape index (κ3) is 2.34. The molecule has 1 fully saturated rings. The Morgan fingerprint density at radius 1 is 1.42 bits per heavy atom. The van der Waals surface area contributed by atoms with E-state index in [4.69, 9.17) is 4.74 Å². The largest absolute Gasteiger partial charge is 0.461 e. The van der Waals surface area contributed by atoms with Gasteiger partial charge in [-0.15, -0.1) is 0 Å². The number of piperidine rings is 1. The van der Waals surface area contributed by atoms with Crippen LogP contribution in [0.5, 0.6) is 0 Å². The van der Waals surface area contributed by atoms with Crippen molar-refractivity contribution in [3.63, 3.8) is 0 Å². The van der Waals surface area contributed by atoms with Gasteiger partial charge in [-0.25, -0.2) is 0 Å². The van der Waals surface area contributed by atoms with Crippen molar-refractivity contribution in [2.75, 3.05) is 0 Å². The molecule has 0 unspecified atom stereocenters. The number of amides is 2. The molecule has 0 atom stereocenters. The van der Waals surface area contributed by atoms with Crippen molar-refractivity contribution >= 4 is 17.8 Å². The fourth-order valence-corrected chi connectivity index (χ4v) is 1.06. The van der Waals surface area contributed by atoms with E-state index in [1.807, 2.05) is 0 Å². The number of ether oxygens (including phenoxy) is 1. The highest BCUT2D eigenvalue weighted by Crippen LogP contribution is 2.08. The summed E-state index contributed by atoms with van der Waals surface area (Å²) < 4.78 is 4.71. The minimum Gasteiger partial charge on any atom is -0.461 e. The zero-order chi connectivity index (χ0) is 9.14. The van der Waals surface area contributed by atoms with Gasteiger partial charge in [0.15, 0.2) is 0 Å². The van der Waals surface area contributed by atoms with Crippen LogP contribution in [0.25, 0.3) is 0 Å². The normalized spacial score (nSPS) is 18.8. The highest BCUT2D eigenvalue weighted by Gasteiger charge is 2.26. The third-order valence-corrected chi connectivity index (χ3v) is 1.44. The molecule has 66 valence electrons. The average molecular weight is 171 g/mol. The van der Waals surface area contributed by atoms with Gasteiger partial charge < -0.3 is 4.74 Å². The van der Waals surface area contributed by atoms with Crippen molar-refractivity contribution in [1.82, 2.24) is 5.32 Å². The molecule has 1 heterocycles. The molecule has 2 amide bonds. The molecule has 0 aromatic heterocycles. The van der Waals surface area contributed by atoms with Crippen molar-refractivity contribution in [1.29, 1.82) is 0 Å². The molecule has 5 heteroatoms. The molecule has 1 N–H and O–H groups in total. The molecule has 1 aliphatic heterocycles. The van der Waals surface area contributed by atoms with Crippen LogP contribution in [0.3, 0.4) is 0 Å². The number of carbonyl (C=O) groups excluding carboxylic acids is 3. The second-order valence-electron chi connectivity index (χ2n) is 2.61. The van der Waals surface area contributed by atoms with Gasteiger partial charge in [0.2, 0.25) is 11.8 Å². The van der Waals surface area contributed by atoms with E-state index in [2.05, 4.69) is 5.32 Å². The number of nitrogens with one attached hydrogen (secondary N) is 1. The first-order valence-electron chi connectivity index (χ1n) is 3.58. The number of rotatable bonds is 1. The lowest BCUT2D eigenvalue weighted by atomic mass is 10.1. The molecule has 0 aromatic rings. The lowest BCUT2D eigenvalue weighted by Crippen LogP contribution is -2.42. The molecule has 5 nitrogen and oxygen atoms in total. The summed E-state index contributed by atoms with van der Waals surface area (Å²) in [6, 6.07) is 0. The molecule has 0 aliphatic carbocycles. The van der Waals surface area contributed by atoms with E-state index in [-0.39, 0.29) is 12.8 Å². The monoisotopic (exact) mass is 171 g/mol. The standard InChI is InChI=1S/C7H9NO4/c1-4(9)12-5-2-6(10)8-7(11)3-5/h5H,2-3H2,1H3,(H,8,10,11). The first-order chi connectivity index (χ1) is 5.58. The molecule has 0 spiro atoms. The predicted octanol–water partition coefficient (Wildman–Crippen LogP) is -0.645. The zero-order valence-corrected chi connectivity index (χ0v) is 6.62. The summed E-state index contributed by atoms with van der Waals surface area (Å²) >= 11 is 0. The van der Waals surface area contributed by atoms with Crippen LogP contribution in [-0.2, 0) is 19.1 Å². The quantitative estimate of drug-likeness (QED) is 0.420. The van der Waals surface area contributed by atoms with Crippen LogP contribution in [0.15, 0.2) is 0 Å². The Morgan fingerprint density at radius 3 is 2.33 bits per heavy atom. The van der Waals surface area contributed by atoms with Gasteiger partial charge in [0, 0.05) is 6.92 Å². The van der Waals surface area contributed by atoms with E-state index < -0.39 is 23.9 Å². The van der Waals surface area contributed by atoms with Crippen LogP contribution < -0.4 is 5.32 Å². The molecule has 0 aromatic carbocycles. The Balaban J connectivity index is 2.49. The number of carbonyl (C=O) groups is 3. The van der Waals surface area contributed by atoms with Crippen molar-refractivity contribution < 1.29 is 19.1 Å². The maximum absolute atomic E-state index is 10.7. The average Bonchev–Trinajstić information content (AvgIpc) is 1.81. The van der Waals surface area contributed by atoms with E-state index in [0.717, 1.165) is 0 Å². The number of esters is 1. The molecular formula is C7H9NO4. The van der Waals surface area contributed by atoms with Crippen molar-refractivity contribution in [2.45, 2.75) is 25.9 Å². The maximum Gasteiger partial charge on any atom is 0.302 e. The summed E-state index contributed by atoms with van der Waals surface area (Å²) in [4.78, 5) is 31.9. The van der Waals surface area contributed by atoms with Crippen molar-refractivity contribution in [3.05, 3.63) is 0 Å². The Kier molecular flexibility index (Phi) is 2.42. The first-order valence-corrected chi connectivity index (χ1v) is 3.58. The summed E-state index contributed by atoms with van der Waals surface area (Å²) in [6.07, 6.45) is -0.430. The Bertz CT molecular complexity index is 217. The molecule has 0 radical (unpaired) electrons. The van der Waals surface area contributed by atoms with Crippen LogP contribution in [0.4, 0.5) is 0 Å². The summed E-state index contributed by atoms with van der Waals surface area (Å²) in [5, 5.41) is 2.11. The van der Waals surface area contributed by atoms with Crippen LogP contribution in [0.1, 0.15) is 19.8 Å². The number of hydrogen-bond donors (Lipinski definition) is 1. The smallest absolute Gasteiger partial charge is 0.302 e. The summed E-state index contributed by atoms with van der Waals surface area (Å²) in [6.45, 7) is 1.25. The van der Waals surface area contributed by atoms with Gasteiger partial charge in [0.25, 0.3) is 0 Å². The Hall–Kier alpha value is -1.39. The van der Waals surface area contributed by atoms with E-state index in [0.29, 0.717) is 0 Å². The van der Waals surface area contributed by atoms with Crippen LogP contribution in [-0.4, -0.2) is 23.9 Å². The molecule has 12 heavy (non-hydrogen) atoms. The summed E-state index contributed by atoms with van der Waals surface area (Å²) in [5.41, 5.74) is 0. The molecule has 0 bridgehead atoms. The van der Waals surface area contributed by atoms with E-state index >= 15 is 0 Å². The van der Waals surface area contributed by atoms with E-state index in [9.17, 15) is 14.4 Å². The van der Waals surface area contributed by atoms with Crippen LogP contribution in [0.2, 0.25) is 0 Å². The number of imide groups is 1. The fourth-order valence-electron chi connectivity index (χ4n) is 1.06. The zero-order valence-electron chi connectivity index (χ0n) is 6.62. The highest BCUT2D eigenvalue weighted by molar-refractivity contribution is 5.98. The molecular weight excluding hydrogens is 162 g/mol. The minimum absolute atomic E-state index is 0.0747. The van der Waals surface area contributed by atoms with Gasteiger partial charge in [-0.2, -0.15) is 0 Å². The van der Waals surface area contributed by atoms with Gasteiger partial charge in [0.05, 0.1) is 12.8 Å². The van der Waals surface area contributed by atoms with Gasteiger partial charge in [-0.1, -0.05) is 0 Å². The predicted molar refractivity (Wildman–Crippen MR) is 37.9 cm³/mol. The number of hydrogen-bond acceptors (Lipinski definition) is 4. The fraction of sp³-hybridized carbons (Fsp3) is 0.571. The maximum atomic E-state index is 10.7. The van der Waals surface area contributed by atoms with Gasteiger partial charge in [0.1, 0.15) is 6.10 Å². The van der Waals surface area contributed by atoms with Crippen molar-refractivity contribution in [2.24, 2.45) is 0 Å². The minimum atomic E-state index is -0.580. The molecule has 1 aliphatic rings. The van der Waals surface area contributed by atoms with Gasteiger partial charge in [-0.3, -0.25) is 19.7 Å². The third-order valence-electron chi connectivity index (χ3n) is 1.44. The lowest BCUT2D eigenvalue weighted by molar-refractivity contribution is -0.152. The molecule has 1 rings (SSSR count). The Labute approximate surface area is 69.1 Å². The van der Waals surface area contributed by atoms with Gasteiger partial charge >= 0.3 is 5.97 Å². The molecule has 0 saturated carbocycles. The van der Waals surface area contributed by atoms with Crippen LogP contribution >= 0.6 is 0 Å². The van der Waals surface area contributed by atoms with Crippen molar-refractivity contribution in [3.8, 4) is 0 Å². The van der Waals surface area contributed by atoms with Crippen LogP contribution in [0, 0.1) is 0 Å². The molecule has 1 saturated heterocycles. The topological polar surface area (TPSA) is 72.5 Å². The summed E-state index contributed by atoms with van der Waals surface area (Å²) in [5.74, 6) is -1.25. The summed E-state index contributed by atoms with van der Waals surface area (Å²) in [7, 11) is 0. The lowest BCUT2D eigenvalue weighted by Gasteiger charge is -2.20. The highest BCUT2D eigenvalue weighted by atomic mass is 16.5. The van der Waals surface area contributed by atoms with E-state index in [1.165, 1.54) is 6.92 Å². The second kappa shape index (κ2) is 3.34. The Morgan fingerprint density at radius 2 is 1.92 bits per heavy atom. The van der Waals surface area contributed by atoms with Gasteiger partial charge in [-0.05, 0) is 0 Å². The second-order valence-corrected chi connectivity index (χ2v) is 2.61. The SMILES string of the molecule is CC(=O)OC1CC(=O)NC(=O)C1. The first kappa shape index (κ1) is 8.70.